The number of benzene rings is 3. The summed E-state index contributed by atoms with van der Waals surface area (Å²) in [5.41, 5.74) is -1.75. The molecule has 1 aromatic heterocycles. The number of H-pyrrole nitrogens is 1. The lowest BCUT2D eigenvalue weighted by Gasteiger charge is -2.14. The molecule has 0 saturated heterocycles. The Balaban J connectivity index is 2.04. The highest BCUT2D eigenvalue weighted by Gasteiger charge is 2.33. The molecule has 0 atom stereocenters. The van der Waals surface area contributed by atoms with E-state index < -0.39 is 27.1 Å². The average Bonchev–Trinajstić information content (AvgIpc) is 2.73. The van der Waals surface area contributed by atoms with Gasteiger partial charge >= 0.3 is 6.18 Å². The standard InChI is InChI=1S/C21H13F3N2O3S/c22-21(23,24)13-10-11-18(30(28,29)14-6-2-1-3-7-14)16(12-13)19-25-17-9-5-4-8-15(17)20(27)26-19/h1-12H,(H,25,26,27). The van der Waals surface area contributed by atoms with E-state index in [9.17, 15) is 26.4 Å². The first-order chi connectivity index (χ1) is 14.2. The van der Waals surface area contributed by atoms with Crippen molar-refractivity contribution < 1.29 is 21.6 Å². The molecular formula is C21H13F3N2O3S. The van der Waals surface area contributed by atoms with Crippen LogP contribution in [0.4, 0.5) is 13.2 Å². The first kappa shape index (κ1) is 19.8. The van der Waals surface area contributed by atoms with E-state index in [0.29, 0.717) is 12.1 Å². The van der Waals surface area contributed by atoms with Crippen molar-refractivity contribution >= 4 is 20.7 Å². The van der Waals surface area contributed by atoms with Crippen molar-refractivity contribution in [3.05, 3.63) is 88.7 Å². The molecule has 30 heavy (non-hydrogen) atoms. The molecular weight excluding hydrogens is 417 g/mol. The van der Waals surface area contributed by atoms with Gasteiger partial charge in [0.05, 0.1) is 26.3 Å². The van der Waals surface area contributed by atoms with Gasteiger partial charge in [-0.25, -0.2) is 13.4 Å². The lowest BCUT2D eigenvalue weighted by molar-refractivity contribution is -0.137. The number of hydrogen-bond donors (Lipinski definition) is 1. The van der Waals surface area contributed by atoms with Gasteiger partial charge in [-0.2, -0.15) is 13.2 Å². The van der Waals surface area contributed by atoms with Crippen molar-refractivity contribution in [3.8, 4) is 11.4 Å². The van der Waals surface area contributed by atoms with Crippen molar-refractivity contribution in [2.75, 3.05) is 0 Å². The Morgan fingerprint density at radius 3 is 2.23 bits per heavy atom. The molecule has 0 aliphatic carbocycles. The molecule has 1 heterocycles. The quantitative estimate of drug-likeness (QED) is 0.521. The van der Waals surface area contributed by atoms with Crippen LogP contribution >= 0.6 is 0 Å². The van der Waals surface area contributed by atoms with Crippen LogP contribution in [0.3, 0.4) is 0 Å². The SMILES string of the molecule is O=c1[nH]c(-c2cc(C(F)(F)F)ccc2S(=O)(=O)c2ccccc2)nc2ccccc12. The van der Waals surface area contributed by atoms with Crippen LogP contribution < -0.4 is 5.56 Å². The van der Waals surface area contributed by atoms with Crippen LogP contribution in [-0.4, -0.2) is 18.4 Å². The van der Waals surface area contributed by atoms with Crippen LogP contribution in [0.2, 0.25) is 0 Å². The van der Waals surface area contributed by atoms with Gasteiger partial charge in [0.2, 0.25) is 9.84 Å². The number of sulfone groups is 1. The molecule has 0 unspecified atom stereocenters. The number of nitrogens with one attached hydrogen (secondary N) is 1. The molecule has 0 saturated carbocycles. The zero-order chi connectivity index (χ0) is 21.5. The molecule has 152 valence electrons. The summed E-state index contributed by atoms with van der Waals surface area (Å²) in [6.07, 6.45) is -4.71. The van der Waals surface area contributed by atoms with Gasteiger partial charge in [0, 0.05) is 5.56 Å². The predicted molar refractivity (Wildman–Crippen MR) is 105 cm³/mol. The third kappa shape index (κ3) is 3.48. The Kier molecular flexibility index (Phi) is 4.70. The minimum Gasteiger partial charge on any atom is -0.306 e. The number of rotatable bonds is 3. The second kappa shape index (κ2) is 7.10. The van der Waals surface area contributed by atoms with Crippen molar-refractivity contribution in [1.82, 2.24) is 9.97 Å². The normalized spacial score (nSPS) is 12.2. The predicted octanol–water partition coefficient (Wildman–Crippen LogP) is 4.44. The summed E-state index contributed by atoms with van der Waals surface area (Å²) in [5.74, 6) is -0.265. The van der Waals surface area contributed by atoms with Crippen LogP contribution in [0.5, 0.6) is 0 Å². The Hall–Kier alpha value is -3.46. The number of alkyl halides is 3. The smallest absolute Gasteiger partial charge is 0.306 e. The monoisotopic (exact) mass is 430 g/mol. The lowest BCUT2D eigenvalue weighted by atomic mass is 10.1. The average molecular weight is 430 g/mol. The molecule has 0 spiro atoms. The number of halogens is 3. The highest BCUT2D eigenvalue weighted by molar-refractivity contribution is 7.91. The zero-order valence-corrected chi connectivity index (χ0v) is 16.0. The fourth-order valence-corrected chi connectivity index (χ4v) is 4.53. The van der Waals surface area contributed by atoms with Gasteiger partial charge in [0.1, 0.15) is 5.82 Å². The topological polar surface area (TPSA) is 79.9 Å². The Bertz CT molecular complexity index is 1410. The fourth-order valence-electron chi connectivity index (χ4n) is 3.07. The van der Waals surface area contributed by atoms with Crippen molar-refractivity contribution in [2.24, 2.45) is 0 Å². The van der Waals surface area contributed by atoms with E-state index in [0.717, 1.165) is 6.07 Å². The fraction of sp³-hybridized carbons (Fsp3) is 0.0476. The van der Waals surface area contributed by atoms with Gasteiger partial charge in [-0.15, -0.1) is 0 Å². The molecule has 0 aliphatic rings. The van der Waals surface area contributed by atoms with E-state index >= 15 is 0 Å². The molecule has 0 bridgehead atoms. The molecule has 0 radical (unpaired) electrons. The lowest BCUT2D eigenvalue weighted by Crippen LogP contribution is -2.13. The second-order valence-corrected chi connectivity index (χ2v) is 8.37. The summed E-state index contributed by atoms with van der Waals surface area (Å²) in [7, 11) is -4.18. The number of aromatic nitrogens is 2. The maximum absolute atomic E-state index is 13.3. The molecule has 3 aromatic carbocycles. The van der Waals surface area contributed by atoms with Gasteiger partial charge in [0.25, 0.3) is 5.56 Å². The van der Waals surface area contributed by atoms with Crippen LogP contribution in [0.15, 0.2) is 87.4 Å². The third-order valence-corrected chi connectivity index (χ3v) is 6.35. The van der Waals surface area contributed by atoms with E-state index in [1.54, 1.807) is 18.2 Å². The van der Waals surface area contributed by atoms with E-state index in [1.165, 1.54) is 36.4 Å². The number of para-hydroxylation sites is 1. The van der Waals surface area contributed by atoms with E-state index in [4.69, 9.17) is 0 Å². The Morgan fingerprint density at radius 1 is 0.867 bits per heavy atom. The second-order valence-electron chi connectivity index (χ2n) is 6.46. The van der Waals surface area contributed by atoms with Crippen LogP contribution in [0.1, 0.15) is 5.56 Å². The van der Waals surface area contributed by atoms with E-state index in [2.05, 4.69) is 9.97 Å². The van der Waals surface area contributed by atoms with Gasteiger partial charge in [-0.05, 0) is 42.5 Å². The van der Waals surface area contributed by atoms with Crippen LogP contribution in [0, 0.1) is 0 Å². The van der Waals surface area contributed by atoms with Gasteiger partial charge in [-0.3, -0.25) is 4.79 Å². The van der Waals surface area contributed by atoms with E-state index in [1.807, 2.05) is 0 Å². The maximum Gasteiger partial charge on any atom is 0.416 e. The molecule has 0 aliphatic heterocycles. The molecule has 4 aromatic rings. The maximum atomic E-state index is 13.3. The molecule has 9 heteroatoms. The summed E-state index contributed by atoms with van der Waals surface area (Å²) >= 11 is 0. The van der Waals surface area contributed by atoms with Crippen LogP contribution in [0.25, 0.3) is 22.3 Å². The van der Waals surface area contributed by atoms with Crippen molar-refractivity contribution in [2.45, 2.75) is 16.0 Å². The highest BCUT2D eigenvalue weighted by Crippen LogP contribution is 2.36. The van der Waals surface area contributed by atoms with E-state index in [-0.39, 0.29) is 32.1 Å². The van der Waals surface area contributed by atoms with Crippen LogP contribution in [-0.2, 0) is 16.0 Å². The molecule has 0 fully saturated rings. The van der Waals surface area contributed by atoms with Gasteiger partial charge in [0.15, 0.2) is 0 Å². The zero-order valence-electron chi connectivity index (χ0n) is 15.1. The molecule has 0 amide bonds. The third-order valence-electron chi connectivity index (χ3n) is 4.52. The first-order valence-electron chi connectivity index (χ1n) is 8.69. The minimum absolute atomic E-state index is 0.0888. The van der Waals surface area contributed by atoms with Gasteiger partial charge < -0.3 is 4.98 Å². The van der Waals surface area contributed by atoms with Gasteiger partial charge in [-0.1, -0.05) is 30.3 Å². The summed E-state index contributed by atoms with van der Waals surface area (Å²) < 4.78 is 66.2. The first-order valence-corrected chi connectivity index (χ1v) is 10.2. The molecule has 5 nitrogen and oxygen atoms in total. The highest BCUT2D eigenvalue weighted by atomic mass is 32.2. The summed E-state index contributed by atoms with van der Waals surface area (Å²) in [4.78, 5) is 18.6. The van der Waals surface area contributed by atoms with Crippen molar-refractivity contribution in [3.63, 3.8) is 0 Å². The molecule has 4 rings (SSSR count). The summed E-state index contributed by atoms with van der Waals surface area (Å²) in [5, 5.41) is 0.237. The summed E-state index contributed by atoms with van der Waals surface area (Å²) in [6.45, 7) is 0. The van der Waals surface area contributed by atoms with Crippen molar-refractivity contribution in [1.29, 1.82) is 0 Å². The number of hydrogen-bond acceptors (Lipinski definition) is 4. The Labute approximate surface area is 168 Å². The molecule has 1 N–H and O–H groups in total. The Morgan fingerprint density at radius 2 is 1.53 bits per heavy atom. The summed E-state index contributed by atoms with van der Waals surface area (Å²) in [6, 6.07) is 15.8. The largest absolute Gasteiger partial charge is 0.416 e. The number of fused-ring (bicyclic) bond motifs is 1. The number of nitrogens with zero attached hydrogens (tertiary/aromatic N) is 1. The minimum atomic E-state index is -4.71. The number of aromatic amines is 1.